The second-order valence-electron chi connectivity index (χ2n) is 5.26. The lowest BCUT2D eigenvalue weighted by Gasteiger charge is -2.19. The van der Waals surface area contributed by atoms with Gasteiger partial charge in [0.1, 0.15) is 11.6 Å². The molecular weight excluding hydrogens is 194 g/mol. The van der Waals surface area contributed by atoms with Crippen LogP contribution in [-0.4, -0.2) is 34.5 Å². The Hall–Kier alpha value is -1.06. The number of rotatable bonds is 0. The third-order valence-corrected chi connectivity index (χ3v) is 2.79. The van der Waals surface area contributed by atoms with Crippen molar-refractivity contribution in [2.24, 2.45) is 0 Å². The van der Waals surface area contributed by atoms with E-state index in [1.54, 1.807) is 4.90 Å². The molecule has 1 saturated heterocycles. The highest BCUT2D eigenvalue weighted by molar-refractivity contribution is 5.94. The van der Waals surface area contributed by atoms with Crippen molar-refractivity contribution in [1.29, 1.82) is 0 Å². The van der Waals surface area contributed by atoms with Crippen molar-refractivity contribution in [1.82, 2.24) is 4.90 Å². The minimum Gasteiger partial charge on any atom is -0.444 e. The van der Waals surface area contributed by atoms with Gasteiger partial charge in [0.2, 0.25) is 0 Å². The summed E-state index contributed by atoms with van der Waals surface area (Å²) in [6.07, 6.45) is 2.11. The molecule has 0 N–H and O–H groups in total. The summed E-state index contributed by atoms with van der Waals surface area (Å²) in [6, 6.07) is -0.0466. The highest BCUT2D eigenvalue weighted by Gasteiger charge is 2.57. The Kier molecular flexibility index (Phi) is 2.24. The van der Waals surface area contributed by atoms with Gasteiger partial charge in [0.25, 0.3) is 0 Å². The maximum Gasteiger partial charge on any atom is 0.411 e. The minimum absolute atomic E-state index is 0.126. The van der Waals surface area contributed by atoms with Crippen LogP contribution in [0.25, 0.3) is 0 Å². The van der Waals surface area contributed by atoms with E-state index in [0.29, 0.717) is 6.42 Å². The van der Waals surface area contributed by atoms with Crippen LogP contribution in [0.1, 0.15) is 40.0 Å². The Morgan fingerprint density at radius 1 is 1.47 bits per heavy atom. The van der Waals surface area contributed by atoms with Crippen molar-refractivity contribution >= 4 is 11.9 Å². The first kappa shape index (κ1) is 10.5. The van der Waals surface area contributed by atoms with Crippen LogP contribution >= 0.6 is 0 Å². The Bertz CT molecular complexity index is 305. The molecule has 1 aliphatic carbocycles. The van der Waals surface area contributed by atoms with Crippen molar-refractivity contribution in [3.8, 4) is 0 Å². The van der Waals surface area contributed by atoms with E-state index in [0.717, 1.165) is 12.8 Å². The summed E-state index contributed by atoms with van der Waals surface area (Å²) in [6.45, 7) is 5.50. The third-order valence-electron chi connectivity index (χ3n) is 2.79. The van der Waals surface area contributed by atoms with Crippen LogP contribution in [0.2, 0.25) is 0 Å². The van der Waals surface area contributed by atoms with Crippen molar-refractivity contribution < 1.29 is 14.3 Å². The lowest BCUT2D eigenvalue weighted by molar-refractivity contribution is -0.119. The van der Waals surface area contributed by atoms with E-state index < -0.39 is 5.60 Å². The van der Waals surface area contributed by atoms with E-state index in [4.69, 9.17) is 4.74 Å². The summed E-state index contributed by atoms with van der Waals surface area (Å²) < 4.78 is 5.24. The monoisotopic (exact) mass is 211 g/mol. The molecule has 0 aromatic carbocycles. The topological polar surface area (TPSA) is 46.4 Å². The molecule has 15 heavy (non-hydrogen) atoms. The van der Waals surface area contributed by atoms with Gasteiger partial charge in [-0.3, -0.25) is 9.69 Å². The number of ketones is 1. The SMILES string of the molecule is CC(C)(C)OC(=O)N1[C@@H]2CCCC(=O)[C@@H]21. The van der Waals surface area contributed by atoms with Gasteiger partial charge in [0.15, 0.2) is 5.78 Å². The van der Waals surface area contributed by atoms with Gasteiger partial charge < -0.3 is 4.74 Å². The van der Waals surface area contributed by atoms with Gasteiger partial charge in [0.05, 0.1) is 6.04 Å². The summed E-state index contributed by atoms with van der Waals surface area (Å²) in [5, 5.41) is 0. The number of hydrogen-bond acceptors (Lipinski definition) is 3. The molecule has 1 heterocycles. The zero-order valence-corrected chi connectivity index (χ0v) is 9.45. The van der Waals surface area contributed by atoms with E-state index in [-0.39, 0.29) is 24.0 Å². The number of carbonyl (C=O) groups is 2. The third kappa shape index (κ3) is 1.98. The molecule has 1 aliphatic heterocycles. The number of fused-ring (bicyclic) bond motifs is 1. The van der Waals surface area contributed by atoms with Gasteiger partial charge in [-0.05, 0) is 33.6 Å². The van der Waals surface area contributed by atoms with Gasteiger partial charge in [-0.2, -0.15) is 0 Å². The standard InChI is InChI=1S/C11H17NO3/c1-11(2,3)15-10(14)12-7-5-4-6-8(13)9(7)12/h7,9H,4-6H2,1-3H3/t7-,9-,12?/m1/s1. The summed E-state index contributed by atoms with van der Waals surface area (Å²) in [7, 11) is 0. The first-order valence-electron chi connectivity index (χ1n) is 5.44. The quantitative estimate of drug-likeness (QED) is 0.573. The first-order valence-corrected chi connectivity index (χ1v) is 5.44. The molecule has 4 heteroatoms. The number of carbonyl (C=O) groups excluding carboxylic acids is 2. The predicted molar refractivity (Wildman–Crippen MR) is 54.5 cm³/mol. The summed E-state index contributed by atoms with van der Waals surface area (Å²) in [5.74, 6) is 0.192. The van der Waals surface area contributed by atoms with Crippen LogP contribution in [0.5, 0.6) is 0 Å². The fourth-order valence-electron chi connectivity index (χ4n) is 2.14. The molecule has 2 aliphatic rings. The lowest BCUT2D eigenvalue weighted by atomic mass is 10.00. The first-order chi connectivity index (χ1) is 6.90. The molecule has 1 amide bonds. The van der Waals surface area contributed by atoms with Crippen LogP contribution in [0.15, 0.2) is 0 Å². The molecule has 4 nitrogen and oxygen atoms in total. The molecule has 1 saturated carbocycles. The number of Topliss-reactive ketones (excluding diaryl/α,β-unsaturated/α-hetero) is 1. The molecule has 0 radical (unpaired) electrons. The fourth-order valence-corrected chi connectivity index (χ4v) is 2.14. The number of nitrogens with zero attached hydrogens (tertiary/aromatic N) is 1. The van der Waals surface area contributed by atoms with E-state index in [9.17, 15) is 9.59 Å². The van der Waals surface area contributed by atoms with Crippen LogP contribution < -0.4 is 0 Å². The lowest BCUT2D eigenvalue weighted by Crippen LogP contribution is -2.29. The van der Waals surface area contributed by atoms with Gasteiger partial charge in [-0.15, -0.1) is 0 Å². The summed E-state index contributed by atoms with van der Waals surface area (Å²) in [4.78, 5) is 24.7. The van der Waals surface area contributed by atoms with Crippen LogP contribution in [0.4, 0.5) is 4.79 Å². The van der Waals surface area contributed by atoms with Gasteiger partial charge >= 0.3 is 6.09 Å². The van der Waals surface area contributed by atoms with E-state index in [1.165, 1.54) is 0 Å². The molecule has 0 bridgehead atoms. The average molecular weight is 211 g/mol. The predicted octanol–water partition coefficient (Wildman–Crippen LogP) is 1.73. The molecule has 0 aromatic rings. The zero-order chi connectivity index (χ0) is 11.2. The summed E-state index contributed by atoms with van der Waals surface area (Å²) >= 11 is 0. The number of likely N-dealkylation sites (tertiary alicyclic amines) is 1. The molecule has 0 aromatic heterocycles. The highest BCUT2D eigenvalue weighted by atomic mass is 16.6. The molecule has 0 unspecified atom stereocenters. The van der Waals surface area contributed by atoms with Crippen LogP contribution in [-0.2, 0) is 9.53 Å². The normalized spacial score (nSPS) is 29.8. The maximum absolute atomic E-state index is 11.7. The maximum atomic E-state index is 11.7. The van der Waals surface area contributed by atoms with E-state index >= 15 is 0 Å². The van der Waals surface area contributed by atoms with Crippen molar-refractivity contribution in [2.75, 3.05) is 0 Å². The molecule has 84 valence electrons. The smallest absolute Gasteiger partial charge is 0.411 e. The van der Waals surface area contributed by atoms with E-state index in [2.05, 4.69) is 0 Å². The minimum atomic E-state index is -0.480. The van der Waals surface area contributed by atoms with Crippen molar-refractivity contribution in [3.05, 3.63) is 0 Å². The van der Waals surface area contributed by atoms with Crippen LogP contribution in [0.3, 0.4) is 0 Å². The number of hydrogen-bond donors (Lipinski definition) is 0. The zero-order valence-electron chi connectivity index (χ0n) is 9.45. The number of amides is 1. The Morgan fingerprint density at radius 2 is 2.13 bits per heavy atom. The summed E-state index contributed by atoms with van der Waals surface area (Å²) in [5.41, 5.74) is -0.480. The average Bonchev–Trinajstić information content (AvgIpc) is 2.76. The second kappa shape index (κ2) is 3.22. The Labute approximate surface area is 89.6 Å². The van der Waals surface area contributed by atoms with Crippen LogP contribution in [0, 0.1) is 0 Å². The Morgan fingerprint density at radius 3 is 2.67 bits per heavy atom. The highest BCUT2D eigenvalue weighted by Crippen LogP contribution is 2.39. The number of ether oxygens (including phenoxy) is 1. The second-order valence-corrected chi connectivity index (χ2v) is 5.26. The van der Waals surface area contributed by atoms with Gasteiger partial charge in [-0.1, -0.05) is 0 Å². The van der Waals surface area contributed by atoms with E-state index in [1.807, 2.05) is 20.8 Å². The largest absolute Gasteiger partial charge is 0.444 e. The van der Waals surface area contributed by atoms with Gasteiger partial charge in [0, 0.05) is 6.42 Å². The fraction of sp³-hybridized carbons (Fsp3) is 0.818. The Balaban J connectivity index is 1.97. The molecule has 2 rings (SSSR count). The van der Waals surface area contributed by atoms with Crippen molar-refractivity contribution in [3.63, 3.8) is 0 Å². The van der Waals surface area contributed by atoms with Gasteiger partial charge in [-0.25, -0.2) is 4.79 Å². The van der Waals surface area contributed by atoms with Crippen molar-refractivity contribution in [2.45, 2.75) is 57.7 Å². The molecule has 2 atom stereocenters. The molecule has 0 spiro atoms. The molecular formula is C11H17NO3. The molecule has 2 fully saturated rings.